The van der Waals surface area contributed by atoms with Gasteiger partial charge in [0, 0.05) is 32.4 Å². The first kappa shape index (κ1) is 23.9. The van der Waals surface area contributed by atoms with Crippen molar-refractivity contribution in [2.45, 2.75) is 84.5 Å². The minimum Gasteiger partial charge on any atom is -0.507 e. The largest absolute Gasteiger partial charge is 0.507 e. The highest BCUT2D eigenvalue weighted by Crippen LogP contribution is 2.39. The van der Waals surface area contributed by atoms with Crippen LogP contribution in [-0.2, 0) is 31.6 Å². The van der Waals surface area contributed by atoms with Crippen molar-refractivity contribution in [2.24, 2.45) is 0 Å². The monoisotopic (exact) mass is 416 g/mol. The first-order valence-electron chi connectivity index (χ1n) is 10.8. The van der Waals surface area contributed by atoms with Gasteiger partial charge in [-0.1, -0.05) is 53.7 Å². The number of aromatic hydroxyl groups is 1. The van der Waals surface area contributed by atoms with Gasteiger partial charge in [0.2, 0.25) is 17.7 Å². The number of hydrogen-bond donors (Lipinski definition) is 2. The third kappa shape index (κ3) is 6.07. The van der Waals surface area contributed by atoms with E-state index in [1.54, 1.807) is 0 Å². The minimum atomic E-state index is -0.202. The number of aryl methyl sites for hydroxylation is 1. The van der Waals surface area contributed by atoms with Gasteiger partial charge in [-0.15, -0.1) is 0 Å². The van der Waals surface area contributed by atoms with E-state index in [1.165, 1.54) is 4.90 Å². The van der Waals surface area contributed by atoms with Gasteiger partial charge in [-0.25, -0.2) is 0 Å². The van der Waals surface area contributed by atoms with E-state index in [-0.39, 0.29) is 28.6 Å². The maximum atomic E-state index is 12.3. The zero-order chi connectivity index (χ0) is 22.7. The molecule has 1 saturated heterocycles. The number of phenols is 1. The lowest BCUT2D eigenvalue weighted by molar-refractivity contribution is -0.138. The standard InChI is InChI=1S/C24H36N2O4/c1-23(2,3)17-14-16(15-18(22(17)30)24(4,5)6)8-9-19(27)25-12-7-13-26-20(28)10-11-21(26)29/h14-15,30H,7-13H2,1-6H3,(H,25,27). The van der Waals surface area contributed by atoms with E-state index in [9.17, 15) is 19.5 Å². The minimum absolute atomic E-state index is 0.0585. The fraction of sp³-hybridized carbons (Fsp3) is 0.625. The molecule has 0 aromatic heterocycles. The van der Waals surface area contributed by atoms with Crippen molar-refractivity contribution in [1.29, 1.82) is 0 Å². The molecule has 1 aliphatic heterocycles. The maximum absolute atomic E-state index is 12.3. The van der Waals surface area contributed by atoms with E-state index < -0.39 is 0 Å². The number of benzene rings is 1. The molecule has 0 saturated carbocycles. The number of nitrogens with zero attached hydrogens (tertiary/aromatic N) is 1. The zero-order valence-electron chi connectivity index (χ0n) is 19.2. The summed E-state index contributed by atoms with van der Waals surface area (Å²) in [5, 5.41) is 13.7. The van der Waals surface area contributed by atoms with Crippen LogP contribution >= 0.6 is 0 Å². The second-order valence-electron chi connectivity index (χ2n) is 10.2. The summed E-state index contributed by atoms with van der Waals surface area (Å²) in [5.41, 5.74) is 2.42. The van der Waals surface area contributed by atoms with Gasteiger partial charge in [0.15, 0.2) is 0 Å². The van der Waals surface area contributed by atoms with Crippen molar-refractivity contribution >= 4 is 17.7 Å². The van der Waals surface area contributed by atoms with Crippen LogP contribution in [0.1, 0.15) is 83.9 Å². The second kappa shape index (κ2) is 9.19. The molecule has 30 heavy (non-hydrogen) atoms. The summed E-state index contributed by atoms with van der Waals surface area (Å²) in [5.74, 6) is 0.0388. The topological polar surface area (TPSA) is 86.7 Å². The average molecular weight is 417 g/mol. The smallest absolute Gasteiger partial charge is 0.229 e. The van der Waals surface area contributed by atoms with Crippen LogP contribution in [0.4, 0.5) is 0 Å². The van der Waals surface area contributed by atoms with Crippen LogP contribution in [0.25, 0.3) is 0 Å². The molecule has 1 heterocycles. The van der Waals surface area contributed by atoms with Gasteiger partial charge in [0.05, 0.1) is 0 Å². The van der Waals surface area contributed by atoms with E-state index in [4.69, 9.17) is 0 Å². The number of likely N-dealkylation sites (tertiary alicyclic amines) is 1. The predicted octanol–water partition coefficient (Wildman–Crippen LogP) is 3.58. The molecule has 0 unspecified atom stereocenters. The average Bonchev–Trinajstić information content (AvgIpc) is 2.94. The molecule has 0 aliphatic carbocycles. The lowest BCUT2D eigenvalue weighted by atomic mass is 9.78. The highest BCUT2D eigenvalue weighted by Gasteiger charge is 2.28. The van der Waals surface area contributed by atoms with Gasteiger partial charge >= 0.3 is 0 Å². The van der Waals surface area contributed by atoms with Gasteiger partial charge in [-0.2, -0.15) is 0 Å². The van der Waals surface area contributed by atoms with Crippen LogP contribution in [0.15, 0.2) is 12.1 Å². The SMILES string of the molecule is CC(C)(C)c1cc(CCC(=O)NCCCN2C(=O)CCC2=O)cc(C(C)(C)C)c1O. The third-order valence-electron chi connectivity index (χ3n) is 5.46. The molecule has 1 aromatic carbocycles. The van der Waals surface area contributed by atoms with Gasteiger partial charge in [0.25, 0.3) is 0 Å². The molecular weight excluding hydrogens is 380 g/mol. The van der Waals surface area contributed by atoms with Crippen LogP contribution in [0.5, 0.6) is 5.75 Å². The van der Waals surface area contributed by atoms with Gasteiger partial charge in [-0.3, -0.25) is 19.3 Å². The van der Waals surface area contributed by atoms with Crippen molar-refractivity contribution in [2.75, 3.05) is 13.1 Å². The Morgan fingerprint density at radius 2 is 1.50 bits per heavy atom. The number of amides is 3. The lowest BCUT2D eigenvalue weighted by Crippen LogP contribution is -2.33. The van der Waals surface area contributed by atoms with Crippen LogP contribution in [-0.4, -0.2) is 40.8 Å². The molecule has 1 aliphatic rings. The molecule has 0 spiro atoms. The number of carbonyl (C=O) groups is 3. The molecule has 1 fully saturated rings. The number of imide groups is 1. The summed E-state index contributed by atoms with van der Waals surface area (Å²) in [4.78, 5) is 36.7. The number of rotatable bonds is 7. The van der Waals surface area contributed by atoms with Gasteiger partial charge in [-0.05, 0) is 40.4 Å². The van der Waals surface area contributed by atoms with Gasteiger partial charge in [0.1, 0.15) is 5.75 Å². The molecule has 0 atom stereocenters. The van der Waals surface area contributed by atoms with E-state index in [1.807, 2.05) is 12.1 Å². The van der Waals surface area contributed by atoms with E-state index >= 15 is 0 Å². The quantitative estimate of drug-likeness (QED) is 0.525. The van der Waals surface area contributed by atoms with Crippen molar-refractivity contribution in [3.05, 3.63) is 28.8 Å². The summed E-state index contributed by atoms with van der Waals surface area (Å²) in [6.45, 7) is 13.2. The first-order valence-corrected chi connectivity index (χ1v) is 10.8. The van der Waals surface area contributed by atoms with E-state index in [0.717, 1.165) is 16.7 Å². The van der Waals surface area contributed by atoms with Crippen molar-refractivity contribution in [3.8, 4) is 5.75 Å². The number of hydrogen-bond acceptors (Lipinski definition) is 4. The maximum Gasteiger partial charge on any atom is 0.229 e. The molecule has 166 valence electrons. The fourth-order valence-corrected chi connectivity index (χ4v) is 3.67. The van der Waals surface area contributed by atoms with Crippen LogP contribution in [0.2, 0.25) is 0 Å². The Morgan fingerprint density at radius 3 is 1.97 bits per heavy atom. The number of phenolic OH excluding ortho intramolecular Hbond substituents is 1. The summed E-state index contributed by atoms with van der Waals surface area (Å²) in [6.07, 6.45) is 2.08. The first-order chi connectivity index (χ1) is 13.8. The highest BCUT2D eigenvalue weighted by atomic mass is 16.3. The lowest BCUT2D eigenvalue weighted by Gasteiger charge is -2.28. The van der Waals surface area contributed by atoms with Crippen LogP contribution < -0.4 is 5.32 Å². The third-order valence-corrected chi connectivity index (χ3v) is 5.46. The summed E-state index contributed by atoms with van der Waals surface area (Å²) in [6, 6.07) is 4.00. The van der Waals surface area contributed by atoms with E-state index in [0.29, 0.717) is 50.9 Å². The summed E-state index contributed by atoms with van der Waals surface area (Å²) < 4.78 is 0. The molecule has 3 amide bonds. The molecule has 6 nitrogen and oxygen atoms in total. The number of nitrogens with one attached hydrogen (secondary N) is 1. The highest BCUT2D eigenvalue weighted by molar-refractivity contribution is 6.01. The predicted molar refractivity (Wildman–Crippen MR) is 117 cm³/mol. The molecule has 6 heteroatoms. The summed E-state index contributed by atoms with van der Waals surface area (Å²) >= 11 is 0. The Kier molecular flexibility index (Phi) is 7.32. The summed E-state index contributed by atoms with van der Waals surface area (Å²) in [7, 11) is 0. The Labute approximate surface area is 180 Å². The Hall–Kier alpha value is -2.37. The molecule has 0 radical (unpaired) electrons. The second-order valence-corrected chi connectivity index (χ2v) is 10.2. The molecule has 2 N–H and O–H groups in total. The van der Waals surface area contributed by atoms with Crippen molar-refractivity contribution in [1.82, 2.24) is 10.2 Å². The molecule has 0 bridgehead atoms. The van der Waals surface area contributed by atoms with Crippen molar-refractivity contribution < 1.29 is 19.5 Å². The number of carbonyl (C=O) groups excluding carboxylic acids is 3. The fourth-order valence-electron chi connectivity index (χ4n) is 3.67. The van der Waals surface area contributed by atoms with Crippen LogP contribution in [0, 0.1) is 0 Å². The van der Waals surface area contributed by atoms with Gasteiger partial charge < -0.3 is 10.4 Å². The molecule has 1 aromatic rings. The Morgan fingerprint density at radius 1 is 1.00 bits per heavy atom. The normalized spacial score (nSPS) is 15.1. The Bertz CT molecular complexity index is 764. The van der Waals surface area contributed by atoms with E-state index in [2.05, 4.69) is 46.9 Å². The Balaban J connectivity index is 1.93. The zero-order valence-corrected chi connectivity index (χ0v) is 19.2. The van der Waals surface area contributed by atoms with Crippen molar-refractivity contribution in [3.63, 3.8) is 0 Å². The molecular formula is C24H36N2O4. The molecule has 2 rings (SSSR count). The van der Waals surface area contributed by atoms with Crippen LogP contribution in [0.3, 0.4) is 0 Å².